The van der Waals surface area contributed by atoms with Gasteiger partial charge in [0.2, 0.25) is 11.8 Å². The van der Waals surface area contributed by atoms with Gasteiger partial charge in [0, 0.05) is 0 Å². The molecule has 1 aromatic heterocycles. The number of hydrogen-bond acceptors (Lipinski definition) is 8. The number of thioether (sulfide) groups is 2. The zero-order valence-corrected chi connectivity index (χ0v) is 18.6. The summed E-state index contributed by atoms with van der Waals surface area (Å²) in [6.07, 6.45) is 0. The molecule has 0 aliphatic carbocycles. The first-order valence-corrected chi connectivity index (χ1v) is 11.7. The maximum Gasteiger partial charge on any atom is 0.242 e. The number of amides is 2. The normalized spacial score (nSPS) is 11.6. The molecule has 1 heterocycles. The van der Waals surface area contributed by atoms with Crippen molar-refractivity contribution in [1.29, 1.82) is 0 Å². The average molecular weight is 461 g/mol. The Balaban J connectivity index is 1.80. The van der Waals surface area contributed by atoms with Gasteiger partial charge in [0.1, 0.15) is 11.0 Å². The fourth-order valence-corrected chi connectivity index (χ4v) is 5.44. The molecule has 3 N–H and O–H groups in total. The van der Waals surface area contributed by atoms with Gasteiger partial charge in [-0.15, -0.1) is 10.2 Å². The molecule has 2 aromatic carbocycles. The molecule has 2 amide bonds. The van der Waals surface area contributed by atoms with Gasteiger partial charge in [-0.25, -0.2) is 0 Å². The predicted octanol–water partition coefficient (Wildman–Crippen LogP) is 3.99. The molecular formula is C20H20N4O3S3. The Labute approximate surface area is 186 Å². The second-order valence-electron chi connectivity index (χ2n) is 5.92. The van der Waals surface area contributed by atoms with Gasteiger partial charge in [-0.05, 0) is 24.6 Å². The summed E-state index contributed by atoms with van der Waals surface area (Å²) >= 11 is 3.86. The number of carbonyl (C=O) groups excluding carboxylic acids is 2. The molecule has 10 heteroatoms. The Hall–Kier alpha value is -2.56. The molecular weight excluding hydrogens is 440 g/mol. The van der Waals surface area contributed by atoms with Crippen LogP contribution in [0.5, 0.6) is 5.75 Å². The van der Waals surface area contributed by atoms with Gasteiger partial charge in [-0.1, -0.05) is 77.3 Å². The van der Waals surface area contributed by atoms with E-state index in [1.165, 1.54) is 34.9 Å². The second-order valence-corrected chi connectivity index (χ2v) is 9.47. The van der Waals surface area contributed by atoms with Gasteiger partial charge in [0.25, 0.3) is 0 Å². The zero-order valence-electron chi connectivity index (χ0n) is 16.1. The van der Waals surface area contributed by atoms with E-state index in [0.717, 1.165) is 5.56 Å². The third kappa shape index (κ3) is 6.22. The molecule has 0 radical (unpaired) electrons. The second kappa shape index (κ2) is 11.0. The van der Waals surface area contributed by atoms with Crippen LogP contribution in [0, 0.1) is 0 Å². The van der Waals surface area contributed by atoms with E-state index in [1.807, 2.05) is 55.5 Å². The number of primary amides is 1. The van der Waals surface area contributed by atoms with Crippen molar-refractivity contribution < 1.29 is 14.3 Å². The van der Waals surface area contributed by atoms with Gasteiger partial charge in [-0.2, -0.15) is 0 Å². The molecule has 3 rings (SSSR count). The summed E-state index contributed by atoms with van der Waals surface area (Å²) in [5, 5.41) is 10.6. The van der Waals surface area contributed by atoms with Gasteiger partial charge in [0.05, 0.1) is 18.0 Å². The molecule has 0 saturated carbocycles. The lowest BCUT2D eigenvalue weighted by atomic mass is 10.1. The van der Waals surface area contributed by atoms with Gasteiger partial charge < -0.3 is 15.8 Å². The van der Waals surface area contributed by atoms with Crippen molar-refractivity contribution in [3.8, 4) is 5.75 Å². The summed E-state index contributed by atoms with van der Waals surface area (Å²) < 4.78 is 6.87. The molecule has 1 unspecified atom stereocenters. The van der Waals surface area contributed by atoms with Crippen molar-refractivity contribution in [2.24, 2.45) is 5.73 Å². The number of nitrogens with two attached hydrogens (primary N) is 1. The first-order chi connectivity index (χ1) is 14.6. The van der Waals surface area contributed by atoms with Crippen molar-refractivity contribution >= 4 is 52.4 Å². The summed E-state index contributed by atoms with van der Waals surface area (Å²) in [4.78, 5) is 24.2. The Morgan fingerprint density at radius 1 is 1.10 bits per heavy atom. The first kappa shape index (κ1) is 22.1. The summed E-state index contributed by atoms with van der Waals surface area (Å²) in [6, 6.07) is 16.8. The third-order valence-electron chi connectivity index (χ3n) is 3.73. The lowest BCUT2D eigenvalue weighted by molar-refractivity contribution is -0.116. The van der Waals surface area contributed by atoms with Gasteiger partial charge >= 0.3 is 0 Å². The van der Waals surface area contributed by atoms with E-state index >= 15 is 0 Å². The van der Waals surface area contributed by atoms with E-state index < -0.39 is 11.2 Å². The Kier molecular flexibility index (Phi) is 8.12. The number of nitrogens with zero attached hydrogens (tertiary/aromatic N) is 2. The highest BCUT2D eigenvalue weighted by atomic mass is 32.2. The maximum atomic E-state index is 13.2. The number of benzene rings is 2. The minimum Gasteiger partial charge on any atom is -0.492 e. The summed E-state index contributed by atoms with van der Waals surface area (Å²) in [7, 11) is 0. The van der Waals surface area contributed by atoms with E-state index in [4.69, 9.17) is 10.5 Å². The topological polar surface area (TPSA) is 107 Å². The van der Waals surface area contributed by atoms with Gasteiger partial charge in [0.15, 0.2) is 8.68 Å². The number of carbonyl (C=O) groups is 2. The van der Waals surface area contributed by atoms with Crippen LogP contribution in [0.15, 0.2) is 63.3 Å². The first-order valence-electron chi connectivity index (χ1n) is 9.05. The fraction of sp³-hybridized carbons (Fsp3) is 0.200. The van der Waals surface area contributed by atoms with Crippen LogP contribution < -0.4 is 15.8 Å². The molecule has 3 aromatic rings. The molecule has 0 fully saturated rings. The molecule has 0 spiro atoms. The van der Waals surface area contributed by atoms with E-state index in [-0.39, 0.29) is 11.7 Å². The van der Waals surface area contributed by atoms with E-state index in [1.54, 1.807) is 6.07 Å². The molecule has 7 nitrogen and oxygen atoms in total. The SMILES string of the molecule is CCOc1ccccc1NC(=O)C(Sc1nnc(SCC(N)=O)s1)c1ccccc1. The van der Waals surface area contributed by atoms with Crippen LogP contribution >= 0.6 is 34.9 Å². The van der Waals surface area contributed by atoms with Crippen molar-refractivity contribution in [3.05, 3.63) is 60.2 Å². The average Bonchev–Trinajstić information content (AvgIpc) is 3.20. The Morgan fingerprint density at radius 2 is 1.80 bits per heavy atom. The summed E-state index contributed by atoms with van der Waals surface area (Å²) in [5.41, 5.74) is 6.63. The van der Waals surface area contributed by atoms with E-state index in [2.05, 4.69) is 15.5 Å². The number of para-hydroxylation sites is 2. The third-order valence-corrected chi connectivity index (χ3v) is 7.15. The van der Waals surface area contributed by atoms with Crippen molar-refractivity contribution in [2.45, 2.75) is 20.9 Å². The Bertz CT molecular complexity index is 998. The summed E-state index contributed by atoms with van der Waals surface area (Å²) in [6.45, 7) is 2.39. The van der Waals surface area contributed by atoms with E-state index in [0.29, 0.717) is 26.7 Å². The largest absolute Gasteiger partial charge is 0.492 e. The predicted molar refractivity (Wildman–Crippen MR) is 121 cm³/mol. The van der Waals surface area contributed by atoms with Crippen molar-refractivity contribution in [3.63, 3.8) is 0 Å². The maximum absolute atomic E-state index is 13.2. The molecule has 0 aliphatic heterocycles. The minimum absolute atomic E-state index is 0.135. The van der Waals surface area contributed by atoms with Crippen LogP contribution in [-0.4, -0.2) is 34.4 Å². The quantitative estimate of drug-likeness (QED) is 0.441. The van der Waals surface area contributed by atoms with Crippen LogP contribution in [0.4, 0.5) is 5.69 Å². The summed E-state index contributed by atoms with van der Waals surface area (Å²) in [5.74, 6) is 0.140. The highest BCUT2D eigenvalue weighted by molar-refractivity contribution is 8.04. The number of aromatic nitrogens is 2. The fourth-order valence-electron chi connectivity index (χ4n) is 2.49. The van der Waals surface area contributed by atoms with Gasteiger partial charge in [-0.3, -0.25) is 9.59 Å². The Morgan fingerprint density at radius 3 is 2.53 bits per heavy atom. The number of rotatable bonds is 10. The number of nitrogens with one attached hydrogen (secondary N) is 1. The lowest BCUT2D eigenvalue weighted by Crippen LogP contribution is -2.19. The molecule has 30 heavy (non-hydrogen) atoms. The van der Waals surface area contributed by atoms with Crippen LogP contribution in [0.1, 0.15) is 17.7 Å². The van der Waals surface area contributed by atoms with Crippen molar-refractivity contribution in [2.75, 3.05) is 17.7 Å². The lowest BCUT2D eigenvalue weighted by Gasteiger charge is -2.17. The smallest absolute Gasteiger partial charge is 0.242 e. The molecule has 0 saturated heterocycles. The molecule has 0 bridgehead atoms. The number of hydrogen-bond donors (Lipinski definition) is 2. The molecule has 0 aliphatic rings. The van der Waals surface area contributed by atoms with Crippen LogP contribution in [0.3, 0.4) is 0 Å². The van der Waals surface area contributed by atoms with Crippen LogP contribution in [0.25, 0.3) is 0 Å². The van der Waals surface area contributed by atoms with Crippen molar-refractivity contribution in [1.82, 2.24) is 10.2 Å². The van der Waals surface area contributed by atoms with Crippen LogP contribution in [-0.2, 0) is 9.59 Å². The monoisotopic (exact) mass is 460 g/mol. The highest BCUT2D eigenvalue weighted by Crippen LogP contribution is 2.39. The number of ether oxygens (including phenoxy) is 1. The zero-order chi connectivity index (χ0) is 21.3. The van der Waals surface area contributed by atoms with Crippen LogP contribution in [0.2, 0.25) is 0 Å². The molecule has 156 valence electrons. The minimum atomic E-state index is -0.539. The highest BCUT2D eigenvalue weighted by Gasteiger charge is 2.25. The van der Waals surface area contributed by atoms with E-state index in [9.17, 15) is 9.59 Å². The number of anilines is 1. The standard InChI is InChI=1S/C20H20N4O3S3/c1-2-27-15-11-7-6-10-14(15)22-18(26)17(13-8-4-3-5-9-13)29-20-24-23-19(30-20)28-12-16(21)25/h3-11,17H,2,12H2,1H3,(H2,21,25)(H,22,26). The molecule has 1 atom stereocenters.